The van der Waals surface area contributed by atoms with E-state index in [1.54, 1.807) is 0 Å². The Bertz CT molecular complexity index is 1240. The van der Waals surface area contributed by atoms with Gasteiger partial charge in [-0.1, -0.05) is 78.0 Å². The van der Waals surface area contributed by atoms with Gasteiger partial charge in [-0.25, -0.2) is 0 Å². The van der Waals surface area contributed by atoms with Crippen LogP contribution in [0.1, 0.15) is 22.3 Å². The smallest absolute Gasteiger partial charge is 0.119 e. The van der Waals surface area contributed by atoms with Gasteiger partial charge in [0.15, 0.2) is 0 Å². The highest BCUT2D eigenvalue weighted by molar-refractivity contribution is 5.86. The number of fused-ring (bicyclic) bond motifs is 3. The van der Waals surface area contributed by atoms with E-state index in [-0.39, 0.29) is 26.4 Å². The molecule has 0 unspecified atom stereocenters. The van der Waals surface area contributed by atoms with Crippen LogP contribution in [0, 0.1) is 4.91 Å². The minimum Gasteiger partial charge on any atom is -0.492 e. The van der Waals surface area contributed by atoms with E-state index < -0.39 is 5.41 Å². The Balaban J connectivity index is 1.68. The van der Waals surface area contributed by atoms with Crippen LogP contribution < -0.4 is 9.47 Å². The van der Waals surface area contributed by atoms with Crippen molar-refractivity contribution in [3.63, 3.8) is 0 Å². The molecular weight excluding hydrogens is 426 g/mol. The zero-order valence-corrected chi connectivity index (χ0v) is 18.7. The Morgan fingerprint density at radius 3 is 1.59 bits per heavy atom. The molecule has 1 N–H and O–H groups in total. The number of aliphatic hydroxyl groups excluding tert-OH is 1. The molecule has 170 valence electrons. The van der Waals surface area contributed by atoms with Gasteiger partial charge in [-0.05, 0) is 57.6 Å². The summed E-state index contributed by atoms with van der Waals surface area (Å²) in [6, 6.07) is 33.3. The third-order valence-corrected chi connectivity index (χ3v) is 6.34. The molecule has 1 aliphatic rings. The van der Waals surface area contributed by atoms with Crippen molar-refractivity contribution >= 4 is 0 Å². The summed E-state index contributed by atoms with van der Waals surface area (Å²) in [4.78, 5) is 10.4. The number of benzene rings is 4. The molecule has 0 saturated carbocycles. The maximum Gasteiger partial charge on any atom is 0.119 e. The fourth-order valence-corrected chi connectivity index (χ4v) is 4.99. The molecule has 0 aliphatic heterocycles. The second-order valence-electron chi connectivity index (χ2n) is 8.16. The fourth-order valence-electron chi connectivity index (χ4n) is 4.99. The Labute approximate surface area is 198 Å². The van der Waals surface area contributed by atoms with E-state index in [9.17, 15) is 4.91 Å². The number of nitrogens with zero attached hydrogens (tertiary/aromatic N) is 1. The number of ether oxygens (including phenoxy) is 2. The van der Waals surface area contributed by atoms with E-state index in [4.69, 9.17) is 14.6 Å². The molecule has 0 saturated heterocycles. The highest BCUT2D eigenvalue weighted by Gasteiger charge is 2.45. The Morgan fingerprint density at radius 2 is 1.12 bits per heavy atom. The van der Waals surface area contributed by atoms with Gasteiger partial charge in [-0.2, -0.15) is 4.91 Å². The molecule has 5 nitrogen and oxygen atoms in total. The van der Waals surface area contributed by atoms with Crippen molar-refractivity contribution in [3.05, 3.63) is 124 Å². The maximum absolute atomic E-state index is 10.4. The van der Waals surface area contributed by atoms with Crippen LogP contribution in [0.15, 0.2) is 102 Å². The standard InChI is InChI=1S/C29H25NO4/c31-18-20-34-24-15-11-22(12-16-24)29(21-9-13-23(14-10-21)33-19-17-30-32)27-7-3-1-5-25(27)26-6-2-4-8-28(26)29/h1-16,31H,17-20H2. The van der Waals surface area contributed by atoms with Gasteiger partial charge >= 0.3 is 0 Å². The lowest BCUT2D eigenvalue weighted by Gasteiger charge is -2.34. The zero-order chi connectivity index (χ0) is 23.4. The average Bonchev–Trinajstić information content (AvgIpc) is 3.20. The number of hydrogen-bond donors (Lipinski definition) is 1. The van der Waals surface area contributed by atoms with Crippen LogP contribution in [0.25, 0.3) is 11.1 Å². The second-order valence-corrected chi connectivity index (χ2v) is 8.16. The molecule has 0 amide bonds. The van der Waals surface area contributed by atoms with Crippen LogP contribution in [0.3, 0.4) is 0 Å². The molecular formula is C29H25NO4. The Kier molecular flexibility index (Phi) is 6.11. The molecule has 34 heavy (non-hydrogen) atoms. The van der Waals surface area contributed by atoms with E-state index in [1.807, 2.05) is 24.3 Å². The second kappa shape index (κ2) is 9.49. The van der Waals surface area contributed by atoms with Crippen molar-refractivity contribution in [2.75, 3.05) is 26.4 Å². The van der Waals surface area contributed by atoms with Gasteiger partial charge in [0.05, 0.1) is 12.0 Å². The average molecular weight is 452 g/mol. The summed E-state index contributed by atoms with van der Waals surface area (Å²) in [6.07, 6.45) is 0. The van der Waals surface area contributed by atoms with E-state index in [0.717, 1.165) is 16.9 Å². The topological polar surface area (TPSA) is 68.1 Å². The predicted octanol–water partition coefficient (Wildman–Crippen LogP) is 5.57. The van der Waals surface area contributed by atoms with Crippen molar-refractivity contribution in [1.29, 1.82) is 0 Å². The van der Waals surface area contributed by atoms with E-state index >= 15 is 0 Å². The first-order chi connectivity index (χ1) is 16.8. The third-order valence-electron chi connectivity index (χ3n) is 6.34. The monoisotopic (exact) mass is 451 g/mol. The molecule has 0 aromatic heterocycles. The van der Waals surface area contributed by atoms with Gasteiger partial charge in [0.25, 0.3) is 0 Å². The van der Waals surface area contributed by atoms with Crippen molar-refractivity contribution in [2.45, 2.75) is 5.41 Å². The molecule has 5 rings (SSSR count). The van der Waals surface area contributed by atoms with Crippen molar-refractivity contribution in [1.82, 2.24) is 0 Å². The first-order valence-corrected chi connectivity index (χ1v) is 11.3. The van der Waals surface area contributed by atoms with Crippen LogP contribution in [-0.2, 0) is 5.41 Å². The number of hydrogen-bond acceptors (Lipinski definition) is 5. The lowest BCUT2D eigenvalue weighted by molar-refractivity contribution is 0.201. The largest absolute Gasteiger partial charge is 0.492 e. The van der Waals surface area contributed by atoms with Gasteiger partial charge < -0.3 is 14.6 Å². The zero-order valence-electron chi connectivity index (χ0n) is 18.7. The van der Waals surface area contributed by atoms with Gasteiger partial charge in [0.2, 0.25) is 0 Å². The Hall–Kier alpha value is -3.96. The normalized spacial score (nSPS) is 13.1. The predicted molar refractivity (Wildman–Crippen MR) is 132 cm³/mol. The third kappa shape index (κ3) is 3.64. The van der Waals surface area contributed by atoms with Crippen LogP contribution in [0.2, 0.25) is 0 Å². The first-order valence-electron chi connectivity index (χ1n) is 11.3. The van der Waals surface area contributed by atoms with E-state index in [0.29, 0.717) is 5.75 Å². The molecule has 0 fully saturated rings. The molecule has 0 spiro atoms. The number of nitroso groups, excluding NO2 is 1. The molecule has 4 aromatic carbocycles. The molecule has 0 radical (unpaired) electrons. The van der Waals surface area contributed by atoms with Crippen molar-refractivity contribution < 1.29 is 14.6 Å². The number of rotatable bonds is 9. The first kappa shape index (κ1) is 21.9. The van der Waals surface area contributed by atoms with Gasteiger partial charge in [0, 0.05) is 0 Å². The molecule has 0 atom stereocenters. The lowest BCUT2D eigenvalue weighted by Crippen LogP contribution is -2.28. The van der Waals surface area contributed by atoms with Gasteiger partial charge in [-0.15, -0.1) is 0 Å². The SMILES string of the molecule is O=NCCOc1ccc(C2(c3ccc(OCCO)cc3)c3ccccc3-c3ccccc32)cc1. The van der Waals surface area contributed by atoms with Crippen molar-refractivity contribution in [2.24, 2.45) is 5.18 Å². The van der Waals surface area contributed by atoms with Crippen molar-refractivity contribution in [3.8, 4) is 22.6 Å². The van der Waals surface area contributed by atoms with Crippen LogP contribution >= 0.6 is 0 Å². The molecule has 5 heteroatoms. The fraction of sp³-hybridized carbons (Fsp3) is 0.172. The Morgan fingerprint density at radius 1 is 0.647 bits per heavy atom. The van der Waals surface area contributed by atoms with E-state index in [2.05, 4.69) is 78.0 Å². The number of aliphatic hydroxyl groups is 1. The van der Waals surface area contributed by atoms with Crippen LogP contribution in [0.4, 0.5) is 0 Å². The summed E-state index contributed by atoms with van der Waals surface area (Å²) in [5, 5.41) is 12.0. The summed E-state index contributed by atoms with van der Waals surface area (Å²) >= 11 is 0. The quantitative estimate of drug-likeness (QED) is 0.235. The molecule has 1 aliphatic carbocycles. The highest BCUT2D eigenvalue weighted by atomic mass is 16.5. The maximum atomic E-state index is 10.4. The summed E-state index contributed by atoms with van der Waals surface area (Å²) < 4.78 is 11.3. The van der Waals surface area contributed by atoms with Gasteiger partial charge in [-0.3, -0.25) is 0 Å². The summed E-state index contributed by atoms with van der Waals surface area (Å²) in [5.74, 6) is 1.43. The summed E-state index contributed by atoms with van der Waals surface area (Å²) in [6.45, 7) is 0.618. The van der Waals surface area contributed by atoms with Gasteiger partial charge in [0.1, 0.15) is 31.3 Å². The van der Waals surface area contributed by atoms with Crippen LogP contribution in [0.5, 0.6) is 11.5 Å². The lowest BCUT2D eigenvalue weighted by atomic mass is 9.68. The molecule has 4 aromatic rings. The van der Waals surface area contributed by atoms with E-state index in [1.165, 1.54) is 22.3 Å². The summed E-state index contributed by atoms with van der Waals surface area (Å²) in [7, 11) is 0. The molecule has 0 bridgehead atoms. The summed E-state index contributed by atoms with van der Waals surface area (Å²) in [5.41, 5.74) is 6.62. The minimum atomic E-state index is -0.508. The molecule has 0 heterocycles. The van der Waals surface area contributed by atoms with Crippen LogP contribution in [-0.4, -0.2) is 31.5 Å². The minimum absolute atomic E-state index is 0.0240. The highest BCUT2D eigenvalue weighted by Crippen LogP contribution is 2.56.